The lowest BCUT2D eigenvalue weighted by atomic mass is 9.98. The van der Waals surface area contributed by atoms with Crippen LogP contribution in [0.3, 0.4) is 0 Å². The van der Waals surface area contributed by atoms with Gasteiger partial charge in [-0.25, -0.2) is 9.78 Å². The van der Waals surface area contributed by atoms with Crippen LogP contribution in [0.15, 0.2) is 6.33 Å². The predicted octanol–water partition coefficient (Wildman–Crippen LogP) is 2.84. The number of halogens is 1. The number of aryl methyl sites for hydroxylation is 1. The highest BCUT2D eigenvalue weighted by Crippen LogP contribution is 2.31. The quantitative estimate of drug-likeness (QED) is 0.801. The van der Waals surface area contributed by atoms with Crippen LogP contribution in [0.5, 0.6) is 0 Å². The van der Waals surface area contributed by atoms with E-state index < -0.39 is 17.2 Å². The second-order valence-corrected chi connectivity index (χ2v) is 6.33. The summed E-state index contributed by atoms with van der Waals surface area (Å²) >= 11 is 6.10. The number of hydrogen-bond donors (Lipinski definition) is 0. The summed E-state index contributed by atoms with van der Waals surface area (Å²) in [7, 11) is 1.51. The SMILES string of the molecule is CCn1cnc(Cl)c1C(C)(C=O)N(C)C(=O)OC(C)(C)C. The summed E-state index contributed by atoms with van der Waals surface area (Å²) in [6, 6.07) is 0. The first-order valence-electron chi connectivity index (χ1n) is 6.71. The lowest BCUT2D eigenvalue weighted by Gasteiger charge is -2.35. The van der Waals surface area contributed by atoms with Crippen molar-refractivity contribution in [3.63, 3.8) is 0 Å². The lowest BCUT2D eigenvalue weighted by molar-refractivity contribution is -0.117. The van der Waals surface area contributed by atoms with Crippen molar-refractivity contribution in [2.45, 2.75) is 52.3 Å². The molecule has 0 fully saturated rings. The Kier molecular flexibility index (Phi) is 5.04. The van der Waals surface area contributed by atoms with Gasteiger partial charge in [0.25, 0.3) is 0 Å². The number of likely N-dealkylation sites (N-methyl/N-ethyl adjacent to an activating group) is 1. The Bertz CT molecular complexity index is 536. The molecule has 0 aromatic carbocycles. The van der Waals surface area contributed by atoms with Gasteiger partial charge in [0.15, 0.2) is 11.4 Å². The van der Waals surface area contributed by atoms with E-state index in [-0.39, 0.29) is 5.15 Å². The molecule has 7 heteroatoms. The van der Waals surface area contributed by atoms with Gasteiger partial charge in [-0.15, -0.1) is 0 Å². The van der Waals surface area contributed by atoms with Crippen LogP contribution in [0.4, 0.5) is 4.79 Å². The Labute approximate surface area is 130 Å². The summed E-state index contributed by atoms with van der Waals surface area (Å²) in [6.45, 7) is 9.39. The number of amides is 1. The Morgan fingerprint density at radius 2 is 2.05 bits per heavy atom. The fourth-order valence-corrected chi connectivity index (χ4v) is 2.25. The van der Waals surface area contributed by atoms with Gasteiger partial charge in [0.05, 0.1) is 12.0 Å². The molecule has 1 amide bonds. The molecule has 0 saturated heterocycles. The van der Waals surface area contributed by atoms with Gasteiger partial charge in [-0.05, 0) is 34.6 Å². The van der Waals surface area contributed by atoms with Crippen molar-refractivity contribution in [1.82, 2.24) is 14.5 Å². The Balaban J connectivity index is 3.23. The molecule has 1 aromatic heterocycles. The molecule has 1 aromatic rings. The molecule has 0 saturated carbocycles. The van der Waals surface area contributed by atoms with Crippen molar-refractivity contribution in [1.29, 1.82) is 0 Å². The molecule has 1 unspecified atom stereocenters. The summed E-state index contributed by atoms with van der Waals surface area (Å²) < 4.78 is 7.05. The Hall–Kier alpha value is -1.56. The molecule has 0 N–H and O–H groups in total. The molecule has 118 valence electrons. The highest BCUT2D eigenvalue weighted by atomic mass is 35.5. The molecule has 1 atom stereocenters. The van der Waals surface area contributed by atoms with Gasteiger partial charge < -0.3 is 14.1 Å². The van der Waals surface area contributed by atoms with Crippen LogP contribution in [0, 0.1) is 0 Å². The molecule has 21 heavy (non-hydrogen) atoms. The summed E-state index contributed by atoms with van der Waals surface area (Å²) in [4.78, 5) is 29.2. The van der Waals surface area contributed by atoms with E-state index in [4.69, 9.17) is 16.3 Å². The van der Waals surface area contributed by atoms with Gasteiger partial charge in [-0.2, -0.15) is 0 Å². The number of nitrogens with zero attached hydrogens (tertiary/aromatic N) is 3. The molecule has 1 rings (SSSR count). The van der Waals surface area contributed by atoms with Crippen molar-refractivity contribution >= 4 is 24.0 Å². The number of imidazole rings is 1. The third kappa shape index (κ3) is 3.56. The van der Waals surface area contributed by atoms with E-state index in [2.05, 4.69) is 4.98 Å². The van der Waals surface area contributed by atoms with Crippen molar-refractivity contribution < 1.29 is 14.3 Å². The lowest BCUT2D eigenvalue weighted by Crippen LogP contribution is -2.49. The van der Waals surface area contributed by atoms with E-state index in [1.807, 2.05) is 6.92 Å². The molecule has 0 bridgehead atoms. The van der Waals surface area contributed by atoms with Gasteiger partial charge in [-0.3, -0.25) is 4.90 Å². The molecule has 0 aliphatic rings. The first-order valence-corrected chi connectivity index (χ1v) is 7.09. The summed E-state index contributed by atoms with van der Waals surface area (Å²) in [5.74, 6) is 0. The molecule has 0 aliphatic carbocycles. The minimum atomic E-state index is -1.26. The Morgan fingerprint density at radius 1 is 1.48 bits per heavy atom. The number of rotatable bonds is 4. The molecular weight excluding hydrogens is 294 g/mol. The molecule has 0 aliphatic heterocycles. The van der Waals surface area contributed by atoms with Crippen molar-refractivity contribution in [3.8, 4) is 0 Å². The van der Waals surface area contributed by atoms with Gasteiger partial charge in [0.2, 0.25) is 0 Å². The van der Waals surface area contributed by atoms with Gasteiger partial charge >= 0.3 is 6.09 Å². The average Bonchev–Trinajstić information content (AvgIpc) is 2.76. The minimum Gasteiger partial charge on any atom is -0.444 e. The van der Waals surface area contributed by atoms with Crippen LogP contribution in [0.2, 0.25) is 5.15 Å². The van der Waals surface area contributed by atoms with Crippen LogP contribution >= 0.6 is 11.6 Å². The molecular formula is C14H22ClN3O3. The first-order chi connectivity index (χ1) is 9.56. The molecule has 1 heterocycles. The number of ether oxygens (including phenoxy) is 1. The van der Waals surface area contributed by atoms with E-state index in [0.29, 0.717) is 18.5 Å². The van der Waals surface area contributed by atoms with Crippen molar-refractivity contribution in [2.24, 2.45) is 0 Å². The third-order valence-electron chi connectivity index (χ3n) is 3.21. The molecule has 0 spiro atoms. The topological polar surface area (TPSA) is 64.4 Å². The molecule has 0 radical (unpaired) electrons. The van der Waals surface area contributed by atoms with E-state index in [1.54, 1.807) is 38.6 Å². The van der Waals surface area contributed by atoms with Gasteiger partial charge in [0.1, 0.15) is 11.1 Å². The van der Waals surface area contributed by atoms with E-state index in [0.717, 1.165) is 0 Å². The van der Waals surface area contributed by atoms with Crippen LogP contribution in [-0.2, 0) is 21.6 Å². The van der Waals surface area contributed by atoms with Crippen molar-refractivity contribution in [3.05, 3.63) is 17.2 Å². The maximum Gasteiger partial charge on any atom is 0.411 e. The van der Waals surface area contributed by atoms with Crippen LogP contribution < -0.4 is 0 Å². The minimum absolute atomic E-state index is 0.196. The number of carbonyl (C=O) groups excluding carboxylic acids is 2. The van der Waals surface area contributed by atoms with Crippen molar-refractivity contribution in [2.75, 3.05) is 7.05 Å². The summed E-state index contributed by atoms with van der Waals surface area (Å²) in [5.41, 5.74) is -1.44. The third-order valence-corrected chi connectivity index (χ3v) is 3.48. The van der Waals surface area contributed by atoms with E-state index >= 15 is 0 Å². The zero-order valence-electron chi connectivity index (χ0n) is 13.3. The number of carbonyl (C=O) groups is 2. The molecule has 6 nitrogen and oxygen atoms in total. The van der Waals surface area contributed by atoms with Crippen LogP contribution in [-0.4, -0.2) is 39.5 Å². The highest BCUT2D eigenvalue weighted by molar-refractivity contribution is 6.30. The largest absolute Gasteiger partial charge is 0.444 e. The summed E-state index contributed by atoms with van der Waals surface area (Å²) in [6.07, 6.45) is 1.62. The number of hydrogen-bond acceptors (Lipinski definition) is 4. The Morgan fingerprint density at radius 3 is 2.48 bits per heavy atom. The van der Waals surface area contributed by atoms with Crippen LogP contribution in [0.25, 0.3) is 0 Å². The second kappa shape index (κ2) is 6.05. The normalized spacial score (nSPS) is 14.4. The van der Waals surface area contributed by atoms with Gasteiger partial charge in [0, 0.05) is 13.6 Å². The summed E-state index contributed by atoms with van der Waals surface area (Å²) in [5, 5.41) is 0.196. The standard InChI is InChI=1S/C14H22ClN3O3/c1-7-18-9-16-11(15)10(18)14(5,8-19)17(6)12(20)21-13(2,3)4/h8-9H,7H2,1-6H3. The van der Waals surface area contributed by atoms with Gasteiger partial charge in [-0.1, -0.05) is 11.6 Å². The smallest absolute Gasteiger partial charge is 0.411 e. The monoisotopic (exact) mass is 315 g/mol. The number of aldehydes is 1. The second-order valence-electron chi connectivity index (χ2n) is 5.97. The average molecular weight is 316 g/mol. The van der Waals surface area contributed by atoms with E-state index in [1.165, 1.54) is 11.9 Å². The van der Waals surface area contributed by atoms with E-state index in [9.17, 15) is 9.59 Å². The highest BCUT2D eigenvalue weighted by Gasteiger charge is 2.41. The maximum absolute atomic E-state index is 12.2. The number of aromatic nitrogens is 2. The maximum atomic E-state index is 12.2. The zero-order valence-corrected chi connectivity index (χ0v) is 14.1. The predicted molar refractivity (Wildman–Crippen MR) is 80.3 cm³/mol. The fourth-order valence-electron chi connectivity index (χ4n) is 1.91. The first kappa shape index (κ1) is 17.5. The zero-order chi connectivity index (χ0) is 16.4. The fraction of sp³-hybridized carbons (Fsp3) is 0.643. The van der Waals surface area contributed by atoms with Crippen LogP contribution in [0.1, 0.15) is 40.3 Å².